The molecular weight excluding hydrogens is 474 g/mol. The first-order chi connectivity index (χ1) is 16.1. The molecule has 0 fully saturated rings. The van der Waals surface area contributed by atoms with Gasteiger partial charge in [-0.25, -0.2) is 8.42 Å². The number of hydrogen-bond donors (Lipinski definition) is 2. The van der Waals surface area contributed by atoms with E-state index in [1.165, 1.54) is 6.07 Å². The van der Waals surface area contributed by atoms with Gasteiger partial charge >= 0.3 is 0 Å². The highest BCUT2D eigenvalue weighted by Gasteiger charge is 2.42. The number of hydrogen-bond acceptors (Lipinski definition) is 4. The molecule has 1 heterocycles. The van der Waals surface area contributed by atoms with Crippen LogP contribution in [-0.4, -0.2) is 26.3 Å². The van der Waals surface area contributed by atoms with Gasteiger partial charge in [-0.05, 0) is 67.8 Å². The number of fused-ring (bicyclic) bond motifs is 1. The van der Waals surface area contributed by atoms with E-state index < -0.39 is 27.9 Å². The van der Waals surface area contributed by atoms with Crippen molar-refractivity contribution in [3.63, 3.8) is 0 Å². The predicted molar refractivity (Wildman–Crippen MR) is 134 cm³/mol. The minimum Gasteiger partial charge on any atom is -0.326 e. The summed E-state index contributed by atoms with van der Waals surface area (Å²) in [5.41, 5.74) is 3.14. The fraction of sp³-hybridized carbons (Fsp3) is 0.200. The number of benzene rings is 3. The molecule has 0 saturated carbocycles. The molecule has 7 nitrogen and oxygen atoms in total. The maximum Gasteiger partial charge on any atom is 0.265 e. The summed E-state index contributed by atoms with van der Waals surface area (Å²) in [6.45, 7) is 5.21. The highest BCUT2D eigenvalue weighted by molar-refractivity contribution is 7.93. The number of para-hydroxylation sites is 3. The average Bonchev–Trinajstić information content (AvgIpc) is 2.78. The SMILES string of the molecule is Cc1cc(S(=O)(=O)N2c3ccccc3NC(=O)C2CC(=O)Nc2ccccc2C)c(C)cc1Cl. The monoisotopic (exact) mass is 497 g/mol. The summed E-state index contributed by atoms with van der Waals surface area (Å²) in [5.74, 6) is -1.05. The summed E-state index contributed by atoms with van der Waals surface area (Å²) in [7, 11) is -4.22. The number of rotatable bonds is 5. The van der Waals surface area contributed by atoms with Crippen LogP contribution in [0.25, 0.3) is 0 Å². The van der Waals surface area contributed by atoms with Crippen LogP contribution in [0, 0.1) is 20.8 Å². The first-order valence-corrected chi connectivity index (χ1v) is 12.5. The number of carbonyl (C=O) groups is 2. The Morgan fingerprint density at radius 3 is 2.41 bits per heavy atom. The number of halogens is 1. The van der Waals surface area contributed by atoms with Crippen LogP contribution in [0.15, 0.2) is 65.6 Å². The molecule has 1 aliphatic heterocycles. The van der Waals surface area contributed by atoms with Gasteiger partial charge in [0.2, 0.25) is 11.8 Å². The van der Waals surface area contributed by atoms with E-state index in [-0.39, 0.29) is 11.3 Å². The number of nitrogens with zero attached hydrogens (tertiary/aromatic N) is 1. The summed E-state index contributed by atoms with van der Waals surface area (Å²) >= 11 is 6.19. The Labute approximate surface area is 203 Å². The Morgan fingerprint density at radius 2 is 1.68 bits per heavy atom. The third-order valence-electron chi connectivity index (χ3n) is 5.78. The van der Waals surface area contributed by atoms with Crippen molar-refractivity contribution < 1.29 is 18.0 Å². The molecule has 0 aromatic heterocycles. The van der Waals surface area contributed by atoms with Crippen LogP contribution in [0.4, 0.5) is 17.1 Å². The summed E-state index contributed by atoms with van der Waals surface area (Å²) in [6, 6.07) is 15.6. The van der Waals surface area contributed by atoms with Gasteiger partial charge in [0, 0.05) is 10.7 Å². The van der Waals surface area contributed by atoms with Gasteiger partial charge in [-0.3, -0.25) is 13.9 Å². The van der Waals surface area contributed by atoms with Gasteiger partial charge in [0.25, 0.3) is 10.0 Å². The Kier molecular flexibility index (Phi) is 6.38. The minimum absolute atomic E-state index is 0.0308. The molecule has 0 spiro atoms. The van der Waals surface area contributed by atoms with Gasteiger partial charge in [0.15, 0.2) is 0 Å². The fourth-order valence-electron chi connectivity index (χ4n) is 3.96. The zero-order valence-electron chi connectivity index (χ0n) is 18.9. The van der Waals surface area contributed by atoms with E-state index in [9.17, 15) is 18.0 Å². The molecule has 0 saturated heterocycles. The molecule has 4 rings (SSSR count). The molecule has 2 amide bonds. The van der Waals surface area contributed by atoms with Crippen LogP contribution in [0.3, 0.4) is 0 Å². The van der Waals surface area contributed by atoms with Crippen LogP contribution in [0.2, 0.25) is 5.02 Å². The van der Waals surface area contributed by atoms with Crippen LogP contribution in [0.5, 0.6) is 0 Å². The normalized spacial score (nSPS) is 15.5. The van der Waals surface area contributed by atoms with E-state index in [0.29, 0.717) is 33.2 Å². The van der Waals surface area contributed by atoms with E-state index >= 15 is 0 Å². The Balaban J connectivity index is 1.78. The number of anilines is 3. The third-order valence-corrected chi connectivity index (χ3v) is 8.15. The molecule has 0 bridgehead atoms. The van der Waals surface area contributed by atoms with Gasteiger partial charge in [-0.15, -0.1) is 0 Å². The first-order valence-electron chi connectivity index (χ1n) is 10.7. The number of aryl methyl sites for hydroxylation is 3. The molecule has 2 N–H and O–H groups in total. The lowest BCUT2D eigenvalue weighted by atomic mass is 10.1. The number of sulfonamides is 1. The average molecular weight is 498 g/mol. The van der Waals surface area contributed by atoms with Crippen molar-refractivity contribution in [2.75, 3.05) is 14.9 Å². The third kappa shape index (κ3) is 4.38. The zero-order chi connectivity index (χ0) is 24.6. The van der Waals surface area contributed by atoms with Gasteiger partial charge in [0.1, 0.15) is 6.04 Å². The highest BCUT2D eigenvalue weighted by atomic mass is 35.5. The molecule has 0 radical (unpaired) electrons. The lowest BCUT2D eigenvalue weighted by Gasteiger charge is -2.37. The summed E-state index contributed by atoms with van der Waals surface area (Å²) in [4.78, 5) is 26.1. The van der Waals surface area contributed by atoms with Crippen LogP contribution in [-0.2, 0) is 19.6 Å². The minimum atomic E-state index is -4.22. The van der Waals surface area contributed by atoms with Gasteiger partial charge < -0.3 is 10.6 Å². The van der Waals surface area contributed by atoms with Crippen LogP contribution < -0.4 is 14.9 Å². The molecule has 1 aliphatic rings. The fourth-order valence-corrected chi connectivity index (χ4v) is 6.11. The lowest BCUT2D eigenvalue weighted by molar-refractivity contribution is -0.122. The largest absolute Gasteiger partial charge is 0.326 e. The predicted octanol–water partition coefficient (Wildman–Crippen LogP) is 4.81. The zero-order valence-corrected chi connectivity index (χ0v) is 20.5. The molecule has 34 heavy (non-hydrogen) atoms. The van der Waals surface area contributed by atoms with Crippen LogP contribution >= 0.6 is 11.6 Å². The first kappa shape index (κ1) is 23.8. The van der Waals surface area contributed by atoms with Crippen molar-refractivity contribution in [1.82, 2.24) is 0 Å². The molecule has 0 aliphatic carbocycles. The maximum absolute atomic E-state index is 14.0. The Hall–Kier alpha value is -3.36. The van der Waals surface area contributed by atoms with Crippen molar-refractivity contribution in [3.05, 3.63) is 82.4 Å². The van der Waals surface area contributed by atoms with E-state index in [2.05, 4.69) is 10.6 Å². The number of nitrogens with one attached hydrogen (secondary N) is 2. The smallest absolute Gasteiger partial charge is 0.265 e. The lowest BCUT2D eigenvalue weighted by Crippen LogP contribution is -2.52. The molecule has 9 heteroatoms. The van der Waals surface area contributed by atoms with Crippen molar-refractivity contribution in [2.45, 2.75) is 38.1 Å². The van der Waals surface area contributed by atoms with Crippen molar-refractivity contribution in [1.29, 1.82) is 0 Å². The molecule has 3 aromatic rings. The molecule has 176 valence electrons. The van der Waals surface area contributed by atoms with Gasteiger partial charge in [-0.1, -0.05) is 41.9 Å². The molecular formula is C25H24ClN3O4S. The van der Waals surface area contributed by atoms with E-state index in [4.69, 9.17) is 11.6 Å². The maximum atomic E-state index is 14.0. The number of amides is 2. The molecule has 1 unspecified atom stereocenters. The molecule has 3 aromatic carbocycles. The standard InChI is InChI=1S/C25H24ClN3O4S/c1-15-8-4-5-9-19(15)27-24(30)14-22-25(31)28-20-10-6-7-11-21(20)29(22)34(32,33)23-13-16(2)18(26)12-17(23)3/h4-13,22H,14H2,1-3H3,(H,27,30)(H,28,31). The quantitative estimate of drug-likeness (QED) is 0.528. The van der Waals surface area contributed by atoms with E-state index in [1.54, 1.807) is 56.3 Å². The van der Waals surface area contributed by atoms with Gasteiger partial charge in [-0.2, -0.15) is 0 Å². The molecule has 1 atom stereocenters. The second-order valence-corrected chi connectivity index (χ2v) is 10.4. The van der Waals surface area contributed by atoms with Gasteiger partial charge in [0.05, 0.1) is 22.7 Å². The summed E-state index contributed by atoms with van der Waals surface area (Å²) in [6.07, 6.45) is -0.362. The van der Waals surface area contributed by atoms with E-state index in [0.717, 1.165) is 9.87 Å². The summed E-state index contributed by atoms with van der Waals surface area (Å²) in [5, 5.41) is 5.96. The Bertz CT molecular complexity index is 1410. The summed E-state index contributed by atoms with van der Waals surface area (Å²) < 4.78 is 29.0. The number of carbonyl (C=O) groups excluding carboxylic acids is 2. The van der Waals surface area contributed by atoms with E-state index in [1.807, 2.05) is 19.1 Å². The Morgan fingerprint density at radius 1 is 1.00 bits per heavy atom. The van der Waals surface area contributed by atoms with Crippen molar-refractivity contribution in [3.8, 4) is 0 Å². The second-order valence-electron chi connectivity index (χ2n) is 8.26. The van der Waals surface area contributed by atoms with Crippen LogP contribution in [0.1, 0.15) is 23.1 Å². The second kappa shape index (κ2) is 9.12. The van der Waals surface area contributed by atoms with Crippen molar-refractivity contribution in [2.24, 2.45) is 0 Å². The topological polar surface area (TPSA) is 95.6 Å². The van der Waals surface area contributed by atoms with Crippen molar-refractivity contribution >= 4 is 50.5 Å². The highest BCUT2D eigenvalue weighted by Crippen LogP contribution is 2.38.